The first-order valence-corrected chi connectivity index (χ1v) is 7.76. The van der Waals surface area contributed by atoms with Gasteiger partial charge in [0.05, 0.1) is 5.02 Å². The second kappa shape index (κ2) is 7.11. The predicted molar refractivity (Wildman–Crippen MR) is 84.1 cm³/mol. The van der Waals surface area contributed by atoms with E-state index in [0.717, 1.165) is 17.0 Å². The van der Waals surface area contributed by atoms with Gasteiger partial charge >= 0.3 is 0 Å². The van der Waals surface area contributed by atoms with Crippen LogP contribution in [0.3, 0.4) is 0 Å². The normalized spacial score (nSPS) is 12.4. The predicted octanol–water partition coefficient (Wildman–Crippen LogP) is 5.30. The Morgan fingerprint density at radius 2 is 1.95 bits per heavy atom. The van der Waals surface area contributed by atoms with Crippen molar-refractivity contribution >= 4 is 23.4 Å². The van der Waals surface area contributed by atoms with Crippen molar-refractivity contribution in [3.8, 4) is 0 Å². The highest BCUT2D eigenvalue weighted by Crippen LogP contribution is 2.35. The second-order valence-corrected chi connectivity index (χ2v) is 5.99. The van der Waals surface area contributed by atoms with Crippen LogP contribution >= 0.6 is 23.4 Å². The van der Waals surface area contributed by atoms with Gasteiger partial charge in [0, 0.05) is 15.8 Å². The molecule has 1 unspecified atom stereocenters. The number of hydrogen-bond donors (Lipinski definition) is 1. The van der Waals surface area contributed by atoms with E-state index in [1.54, 1.807) is 12.1 Å². The zero-order chi connectivity index (χ0) is 14.5. The van der Waals surface area contributed by atoms with E-state index in [1.165, 1.54) is 17.8 Å². The minimum atomic E-state index is -0.223. The minimum absolute atomic E-state index is 0.223. The van der Waals surface area contributed by atoms with Crippen LogP contribution in [0.15, 0.2) is 52.3 Å². The standard InChI is InChI=1S/C16H17ClFNS/c1-3-19-11(2)12-8-9-15(13(17)10-12)20-16-7-5-4-6-14(16)18/h4-11,19H,3H2,1-2H3. The molecule has 0 amide bonds. The lowest BCUT2D eigenvalue weighted by atomic mass is 10.1. The molecular weight excluding hydrogens is 293 g/mol. The highest BCUT2D eigenvalue weighted by Gasteiger charge is 2.10. The topological polar surface area (TPSA) is 12.0 Å². The van der Waals surface area contributed by atoms with Crippen LogP contribution in [0.2, 0.25) is 5.02 Å². The van der Waals surface area contributed by atoms with Gasteiger partial charge in [0.2, 0.25) is 0 Å². The van der Waals surface area contributed by atoms with E-state index >= 15 is 0 Å². The molecule has 0 bridgehead atoms. The van der Waals surface area contributed by atoms with Crippen LogP contribution in [0.1, 0.15) is 25.5 Å². The zero-order valence-corrected chi connectivity index (χ0v) is 13.1. The Morgan fingerprint density at radius 1 is 1.20 bits per heavy atom. The molecule has 1 nitrogen and oxygen atoms in total. The van der Waals surface area contributed by atoms with Crippen LogP contribution in [0, 0.1) is 5.82 Å². The van der Waals surface area contributed by atoms with Crippen LogP contribution in [-0.4, -0.2) is 6.54 Å². The average Bonchev–Trinajstić information content (AvgIpc) is 2.43. The molecule has 2 aromatic carbocycles. The third-order valence-corrected chi connectivity index (χ3v) is 4.57. The van der Waals surface area contributed by atoms with E-state index in [-0.39, 0.29) is 11.9 Å². The first-order chi connectivity index (χ1) is 9.61. The third kappa shape index (κ3) is 3.75. The molecule has 1 atom stereocenters. The van der Waals surface area contributed by atoms with Gasteiger partial charge in [-0.25, -0.2) is 4.39 Å². The Hall–Kier alpha value is -1.03. The van der Waals surface area contributed by atoms with Gasteiger partial charge in [-0.05, 0) is 43.3 Å². The molecule has 0 aromatic heterocycles. The van der Waals surface area contributed by atoms with Crippen LogP contribution in [0.25, 0.3) is 0 Å². The molecule has 0 saturated heterocycles. The molecule has 4 heteroatoms. The van der Waals surface area contributed by atoms with Gasteiger partial charge in [0.15, 0.2) is 0 Å². The Labute approximate surface area is 128 Å². The van der Waals surface area contributed by atoms with Gasteiger partial charge in [-0.2, -0.15) is 0 Å². The summed E-state index contributed by atoms with van der Waals surface area (Å²) in [6.07, 6.45) is 0. The maximum absolute atomic E-state index is 13.6. The van der Waals surface area contributed by atoms with Crippen LogP contribution in [0.5, 0.6) is 0 Å². The van der Waals surface area contributed by atoms with Crippen molar-refractivity contribution in [3.63, 3.8) is 0 Å². The monoisotopic (exact) mass is 309 g/mol. The summed E-state index contributed by atoms with van der Waals surface area (Å²) in [5.74, 6) is -0.223. The second-order valence-electron chi connectivity index (χ2n) is 4.50. The molecule has 20 heavy (non-hydrogen) atoms. The van der Waals surface area contributed by atoms with Crippen LogP contribution in [-0.2, 0) is 0 Å². The Balaban J connectivity index is 2.20. The molecule has 1 N–H and O–H groups in total. The van der Waals surface area contributed by atoms with Gasteiger partial charge in [-0.15, -0.1) is 0 Å². The molecule has 0 aliphatic heterocycles. The number of rotatable bonds is 5. The van der Waals surface area contributed by atoms with E-state index in [0.29, 0.717) is 9.92 Å². The van der Waals surface area contributed by atoms with E-state index in [4.69, 9.17) is 11.6 Å². The molecule has 0 heterocycles. The van der Waals surface area contributed by atoms with Crippen molar-refractivity contribution in [2.45, 2.75) is 29.7 Å². The summed E-state index contributed by atoms with van der Waals surface area (Å²) in [5, 5.41) is 4.00. The van der Waals surface area contributed by atoms with E-state index in [9.17, 15) is 4.39 Å². The number of halogens is 2. The Morgan fingerprint density at radius 3 is 2.60 bits per heavy atom. The Bertz CT molecular complexity index is 588. The summed E-state index contributed by atoms with van der Waals surface area (Å²) in [5.41, 5.74) is 1.13. The van der Waals surface area contributed by atoms with Crippen LogP contribution in [0.4, 0.5) is 4.39 Å². The first-order valence-electron chi connectivity index (χ1n) is 6.57. The third-order valence-electron chi connectivity index (χ3n) is 3.02. The lowest BCUT2D eigenvalue weighted by molar-refractivity contribution is 0.597. The summed E-state index contributed by atoms with van der Waals surface area (Å²) < 4.78 is 13.6. The number of nitrogens with one attached hydrogen (secondary N) is 1. The lowest BCUT2D eigenvalue weighted by Gasteiger charge is -2.14. The lowest BCUT2D eigenvalue weighted by Crippen LogP contribution is -2.17. The molecule has 0 radical (unpaired) electrons. The van der Waals surface area contributed by atoms with E-state index in [1.807, 2.05) is 24.3 Å². The summed E-state index contributed by atoms with van der Waals surface area (Å²) in [4.78, 5) is 1.45. The van der Waals surface area contributed by atoms with Gasteiger partial charge in [-0.3, -0.25) is 0 Å². The smallest absolute Gasteiger partial charge is 0.137 e. The number of benzene rings is 2. The van der Waals surface area contributed by atoms with Crippen molar-refractivity contribution in [2.24, 2.45) is 0 Å². The fraction of sp³-hybridized carbons (Fsp3) is 0.250. The van der Waals surface area contributed by atoms with Gasteiger partial charge in [0.1, 0.15) is 5.82 Å². The maximum atomic E-state index is 13.6. The summed E-state index contributed by atoms with van der Waals surface area (Å²) >= 11 is 7.65. The first kappa shape index (κ1) is 15.4. The van der Waals surface area contributed by atoms with E-state index in [2.05, 4.69) is 19.2 Å². The van der Waals surface area contributed by atoms with E-state index < -0.39 is 0 Å². The molecular formula is C16H17ClFNS. The minimum Gasteiger partial charge on any atom is -0.310 e. The molecule has 0 spiro atoms. The molecule has 0 aliphatic rings. The molecule has 2 aromatic rings. The molecule has 0 aliphatic carbocycles. The van der Waals surface area contributed by atoms with Gasteiger partial charge in [0.25, 0.3) is 0 Å². The molecule has 0 saturated carbocycles. The molecule has 106 valence electrons. The molecule has 0 fully saturated rings. The summed E-state index contributed by atoms with van der Waals surface area (Å²) in [7, 11) is 0. The molecule has 2 rings (SSSR count). The Kier molecular flexibility index (Phi) is 5.46. The van der Waals surface area contributed by atoms with Crippen molar-refractivity contribution in [1.29, 1.82) is 0 Å². The summed E-state index contributed by atoms with van der Waals surface area (Å²) in [6.45, 7) is 5.07. The fourth-order valence-corrected chi connectivity index (χ4v) is 3.09. The van der Waals surface area contributed by atoms with Gasteiger partial charge in [-0.1, -0.05) is 48.5 Å². The quantitative estimate of drug-likeness (QED) is 0.804. The maximum Gasteiger partial charge on any atom is 0.137 e. The van der Waals surface area contributed by atoms with Crippen molar-refractivity contribution < 1.29 is 4.39 Å². The zero-order valence-electron chi connectivity index (χ0n) is 11.5. The van der Waals surface area contributed by atoms with Crippen LogP contribution < -0.4 is 5.32 Å². The highest BCUT2D eigenvalue weighted by atomic mass is 35.5. The van der Waals surface area contributed by atoms with Crippen molar-refractivity contribution in [3.05, 3.63) is 58.9 Å². The largest absolute Gasteiger partial charge is 0.310 e. The van der Waals surface area contributed by atoms with Crippen molar-refractivity contribution in [1.82, 2.24) is 5.32 Å². The van der Waals surface area contributed by atoms with Gasteiger partial charge < -0.3 is 5.32 Å². The average molecular weight is 310 g/mol. The SMILES string of the molecule is CCNC(C)c1ccc(Sc2ccccc2F)c(Cl)c1. The fourth-order valence-electron chi connectivity index (χ4n) is 1.94. The highest BCUT2D eigenvalue weighted by molar-refractivity contribution is 7.99. The van der Waals surface area contributed by atoms with Crippen molar-refractivity contribution in [2.75, 3.05) is 6.54 Å². The summed E-state index contributed by atoms with van der Waals surface area (Å²) in [6, 6.07) is 12.9. The number of hydrogen-bond acceptors (Lipinski definition) is 2.